The molecule has 11 amide bonds. The van der Waals surface area contributed by atoms with Crippen molar-refractivity contribution in [1.29, 1.82) is 0 Å². The van der Waals surface area contributed by atoms with Crippen LogP contribution in [0.2, 0.25) is 0 Å². The van der Waals surface area contributed by atoms with E-state index in [0.717, 1.165) is 0 Å². The van der Waals surface area contributed by atoms with E-state index in [2.05, 4.69) is 42.5 Å². The smallest absolute Gasteiger partial charge is 0.326 e. The molecule has 82 heavy (non-hydrogen) atoms. The number of unbranched alkanes of at least 4 members (excludes halogenated alkanes) is 1. The summed E-state index contributed by atoms with van der Waals surface area (Å²) in [5.41, 5.74) is 11.7. The Morgan fingerprint density at radius 2 is 1.04 bits per heavy atom. The fourth-order valence-corrected chi connectivity index (χ4v) is 10.3. The highest BCUT2D eigenvalue weighted by molar-refractivity contribution is 5.99. The normalized spacial score (nSPS) is 20.7. The van der Waals surface area contributed by atoms with Gasteiger partial charge >= 0.3 is 5.97 Å². The molecule has 0 radical (unpaired) electrons. The van der Waals surface area contributed by atoms with Crippen LogP contribution in [-0.2, 0) is 57.5 Å². The summed E-state index contributed by atoms with van der Waals surface area (Å²) in [5.74, 6) is -9.88. The zero-order chi connectivity index (χ0) is 61.7. The van der Waals surface area contributed by atoms with Crippen LogP contribution in [0.4, 0.5) is 0 Å². The number of amides is 11. The molecular formula is C55H95N13O14. The van der Waals surface area contributed by atoms with Gasteiger partial charge in [-0.3, -0.25) is 52.7 Å². The van der Waals surface area contributed by atoms with Crippen molar-refractivity contribution in [3.8, 4) is 0 Å². The number of aliphatic carboxylic acids is 1. The van der Waals surface area contributed by atoms with Crippen molar-refractivity contribution in [2.75, 3.05) is 39.3 Å². The second kappa shape index (κ2) is 33.6. The van der Waals surface area contributed by atoms with Crippen molar-refractivity contribution >= 4 is 70.9 Å². The molecule has 3 saturated heterocycles. The van der Waals surface area contributed by atoms with Crippen LogP contribution in [0.3, 0.4) is 0 Å². The lowest BCUT2D eigenvalue weighted by Gasteiger charge is -2.33. The molecule has 0 unspecified atom stereocenters. The summed E-state index contributed by atoms with van der Waals surface area (Å²) in [6.45, 7) is 16.7. The Hall–Kier alpha value is -6.48. The van der Waals surface area contributed by atoms with Gasteiger partial charge in [0.15, 0.2) is 0 Å². The molecule has 0 saturated carbocycles. The van der Waals surface area contributed by atoms with Gasteiger partial charge in [0.25, 0.3) is 0 Å². The third-order valence-electron chi connectivity index (χ3n) is 15.6. The maximum atomic E-state index is 14.6. The lowest BCUT2D eigenvalue weighted by Crippen LogP contribution is -2.61. The number of aliphatic hydroxyl groups excluding tert-OH is 1. The number of carbonyl (C=O) groups is 12. The number of hydrogen-bond donors (Lipinski definition) is 12. The molecule has 14 N–H and O–H groups in total. The first-order chi connectivity index (χ1) is 38.6. The van der Waals surface area contributed by atoms with E-state index >= 15 is 0 Å². The SMILES string of the molecule is CC[C@H](C)[C@H](NC(=O)[C@@H]1CCCN1C(=O)[C@H](C)N)C(=O)N[C@@H](CCCCN)C(=O)N[C@H](C(=O)N1CCC[C@H]1C(=O)N[C@H](C(=O)NCC(=O)N1CCC[C@H]1C(=O)NCC(=O)N[C@H](C(=O)N[C@@H](CC(C)C)C(=O)O)[C@@H](C)O)C(C)C)[C@@H](C)CC. The zero-order valence-corrected chi connectivity index (χ0v) is 49.7. The number of carboxylic acid groups (broad SMARTS) is 1. The quantitative estimate of drug-likeness (QED) is 0.0319. The second-order valence-corrected chi connectivity index (χ2v) is 23.0. The van der Waals surface area contributed by atoms with Crippen LogP contribution >= 0.6 is 0 Å². The fraction of sp³-hybridized carbons (Fsp3) is 0.782. The molecule has 3 heterocycles. The minimum absolute atomic E-state index is 0.0882. The van der Waals surface area contributed by atoms with Crippen LogP contribution in [0.15, 0.2) is 0 Å². The summed E-state index contributed by atoms with van der Waals surface area (Å²) in [4.78, 5) is 166. The summed E-state index contributed by atoms with van der Waals surface area (Å²) in [7, 11) is 0. The van der Waals surface area contributed by atoms with Gasteiger partial charge in [-0.25, -0.2) is 4.79 Å². The van der Waals surface area contributed by atoms with Gasteiger partial charge in [0.05, 0.1) is 25.2 Å². The third kappa shape index (κ3) is 20.2. The number of hydrogen-bond acceptors (Lipinski definition) is 15. The van der Waals surface area contributed by atoms with Crippen molar-refractivity contribution in [3.63, 3.8) is 0 Å². The first-order valence-corrected chi connectivity index (χ1v) is 29.2. The van der Waals surface area contributed by atoms with Crippen molar-refractivity contribution < 1.29 is 67.7 Å². The average molecular weight is 1160 g/mol. The standard InChI is InChI=1S/C55H95N13O14/c1-11-31(7)43(64-49(75)38-20-16-24-67(38)53(79)33(9)57)51(77)60-35(18-13-14-22-56)46(72)65-44(32(8)12-2)54(80)68-25-17-21-39(68)48(74)63-42(30(5)6)50(76)59-28-41(71)66-23-15-19-37(66)47(73)58-27-40(70)62-45(34(10)69)52(78)61-36(55(81)82)26-29(3)4/h29-39,42-45,69H,11-28,56-57H2,1-10H3,(H,58,73)(H,59,76)(H,60,77)(H,61,78)(H,62,70)(H,63,74)(H,64,75)(H,65,72)(H,81,82)/t31-,32-,33-,34+,35-,36-,37-,38-,39-,42-,43-,44-,45-/m0/s1. The predicted octanol–water partition coefficient (Wildman–Crippen LogP) is -2.16. The molecule has 3 fully saturated rings. The number of nitrogens with one attached hydrogen (secondary N) is 8. The van der Waals surface area contributed by atoms with Crippen molar-refractivity contribution in [1.82, 2.24) is 57.2 Å². The second-order valence-electron chi connectivity index (χ2n) is 23.0. The average Bonchev–Trinajstić information content (AvgIpc) is 4.34. The van der Waals surface area contributed by atoms with Gasteiger partial charge < -0.3 is 78.9 Å². The molecule has 0 spiro atoms. The molecule has 3 rings (SSSR count). The maximum absolute atomic E-state index is 14.6. The molecular weight excluding hydrogens is 1070 g/mol. The number of nitrogens with two attached hydrogens (primary N) is 2. The largest absolute Gasteiger partial charge is 0.480 e. The lowest BCUT2D eigenvalue weighted by molar-refractivity contribution is -0.144. The highest BCUT2D eigenvalue weighted by Gasteiger charge is 2.43. The highest BCUT2D eigenvalue weighted by Crippen LogP contribution is 2.24. The summed E-state index contributed by atoms with van der Waals surface area (Å²) >= 11 is 0. The minimum Gasteiger partial charge on any atom is -0.480 e. The first kappa shape index (κ1) is 69.8. The molecule has 27 nitrogen and oxygen atoms in total. The summed E-state index contributed by atoms with van der Waals surface area (Å²) in [6.07, 6.45) is 3.02. The van der Waals surface area contributed by atoms with E-state index in [1.165, 1.54) is 21.6 Å². The van der Waals surface area contributed by atoms with Crippen molar-refractivity contribution in [3.05, 3.63) is 0 Å². The van der Waals surface area contributed by atoms with Crippen LogP contribution in [-0.4, -0.2) is 202 Å². The number of carboxylic acids is 1. The monoisotopic (exact) mass is 1160 g/mol. The number of aliphatic hydroxyl groups is 1. The van der Waals surface area contributed by atoms with Gasteiger partial charge in [-0.1, -0.05) is 68.2 Å². The van der Waals surface area contributed by atoms with Gasteiger partial charge in [0.1, 0.15) is 54.4 Å². The Labute approximate surface area is 481 Å². The molecule has 13 atom stereocenters. The predicted molar refractivity (Wildman–Crippen MR) is 301 cm³/mol. The molecule has 0 aromatic carbocycles. The molecule has 3 aliphatic heterocycles. The Balaban J connectivity index is 1.68. The Bertz CT molecular complexity index is 2250. The van der Waals surface area contributed by atoms with Gasteiger partial charge in [-0.05, 0) is 108 Å². The Morgan fingerprint density at radius 3 is 1.54 bits per heavy atom. The van der Waals surface area contributed by atoms with E-state index < -0.39 is 156 Å². The molecule has 3 aliphatic rings. The highest BCUT2D eigenvalue weighted by atomic mass is 16.4. The maximum Gasteiger partial charge on any atom is 0.326 e. The minimum atomic E-state index is -1.54. The Morgan fingerprint density at radius 1 is 0.537 bits per heavy atom. The first-order valence-electron chi connectivity index (χ1n) is 29.2. The van der Waals surface area contributed by atoms with E-state index in [-0.39, 0.29) is 56.5 Å². The number of likely N-dealkylation sites (tertiary alicyclic amines) is 3. The van der Waals surface area contributed by atoms with E-state index in [1.807, 2.05) is 13.8 Å². The molecule has 0 aromatic heterocycles. The molecule has 464 valence electrons. The number of rotatable bonds is 32. The van der Waals surface area contributed by atoms with E-state index in [9.17, 15) is 67.7 Å². The third-order valence-corrected chi connectivity index (χ3v) is 15.6. The number of carbonyl (C=O) groups excluding carboxylic acids is 11. The zero-order valence-electron chi connectivity index (χ0n) is 49.7. The van der Waals surface area contributed by atoms with Gasteiger partial charge in [-0.15, -0.1) is 0 Å². The van der Waals surface area contributed by atoms with Gasteiger partial charge in [0.2, 0.25) is 65.0 Å². The topological polar surface area (TPSA) is 403 Å². The van der Waals surface area contributed by atoms with Crippen LogP contribution in [0.1, 0.15) is 146 Å². The van der Waals surface area contributed by atoms with E-state index in [1.54, 1.807) is 48.5 Å². The van der Waals surface area contributed by atoms with Crippen molar-refractivity contribution in [2.45, 2.75) is 213 Å². The summed E-state index contributed by atoms with van der Waals surface area (Å²) < 4.78 is 0. The van der Waals surface area contributed by atoms with Crippen LogP contribution < -0.4 is 54.0 Å². The molecule has 0 bridgehead atoms. The number of nitrogens with zero attached hydrogens (tertiary/aromatic N) is 3. The van der Waals surface area contributed by atoms with Crippen LogP contribution in [0.25, 0.3) is 0 Å². The van der Waals surface area contributed by atoms with E-state index in [0.29, 0.717) is 64.5 Å². The van der Waals surface area contributed by atoms with Gasteiger partial charge in [0, 0.05) is 19.6 Å². The van der Waals surface area contributed by atoms with Crippen molar-refractivity contribution in [2.24, 2.45) is 35.1 Å². The van der Waals surface area contributed by atoms with Gasteiger partial charge in [-0.2, -0.15) is 0 Å². The lowest BCUT2D eigenvalue weighted by atomic mass is 9.95. The molecule has 0 aliphatic carbocycles. The fourth-order valence-electron chi connectivity index (χ4n) is 10.3. The Kier molecular flexibility index (Phi) is 28.6. The summed E-state index contributed by atoms with van der Waals surface area (Å²) in [5, 5.41) is 40.7. The summed E-state index contributed by atoms with van der Waals surface area (Å²) in [6, 6.07) is -11.0. The molecule has 27 heteroatoms. The van der Waals surface area contributed by atoms with E-state index in [4.69, 9.17) is 11.5 Å². The molecule has 0 aromatic rings. The van der Waals surface area contributed by atoms with Crippen LogP contribution in [0.5, 0.6) is 0 Å². The van der Waals surface area contributed by atoms with Crippen LogP contribution in [0, 0.1) is 23.7 Å².